The molecule has 74 valence electrons. The lowest BCUT2D eigenvalue weighted by atomic mass is 10.2. The average Bonchev–Trinajstić information content (AvgIpc) is 2.15. The van der Waals surface area contributed by atoms with Crippen LogP contribution in [-0.2, 0) is 10.1 Å². The van der Waals surface area contributed by atoms with Crippen LogP contribution in [0.25, 0.3) is 0 Å². The van der Waals surface area contributed by atoms with Gasteiger partial charge in [-0.05, 0) is 18.2 Å². The van der Waals surface area contributed by atoms with Gasteiger partial charge in [0.05, 0.1) is 5.70 Å². The molecule has 0 saturated heterocycles. The minimum absolute atomic E-state index is 0.0515. The highest BCUT2D eigenvalue weighted by Gasteiger charge is 2.22. The third-order valence-electron chi connectivity index (χ3n) is 2.04. The molecule has 5 heteroatoms. The first-order chi connectivity index (χ1) is 6.59. The van der Waals surface area contributed by atoms with Crippen molar-refractivity contribution in [2.24, 2.45) is 0 Å². The van der Waals surface area contributed by atoms with Crippen molar-refractivity contribution < 1.29 is 13.0 Å². The third kappa shape index (κ3) is 1.51. The van der Waals surface area contributed by atoms with Gasteiger partial charge >= 0.3 is 0 Å². The Balaban J connectivity index is 2.58. The third-order valence-corrected chi connectivity index (χ3v) is 2.94. The van der Waals surface area contributed by atoms with Crippen molar-refractivity contribution >= 4 is 10.1 Å². The summed E-state index contributed by atoms with van der Waals surface area (Å²) < 4.78 is 31.0. The average molecular weight is 211 g/mol. The van der Waals surface area contributed by atoms with Crippen molar-refractivity contribution in [3.05, 3.63) is 47.2 Å². The van der Waals surface area contributed by atoms with Gasteiger partial charge in [-0.3, -0.25) is 4.55 Å². The van der Waals surface area contributed by atoms with Crippen molar-refractivity contribution in [1.29, 1.82) is 0 Å². The number of rotatable bonds is 1. The summed E-state index contributed by atoms with van der Waals surface area (Å²) in [7, 11) is -4.13. The SMILES string of the molecule is O=S(=O)(O)C1=C2C=CC=CN2CC=C1. The lowest BCUT2D eigenvalue weighted by Gasteiger charge is -2.26. The highest BCUT2D eigenvalue weighted by Crippen LogP contribution is 2.24. The maximum atomic E-state index is 11.0. The molecular formula is C9H9NO3S. The molecule has 2 rings (SSSR count). The van der Waals surface area contributed by atoms with Gasteiger partial charge in [0.15, 0.2) is 0 Å². The Kier molecular flexibility index (Phi) is 2.05. The summed E-state index contributed by atoms with van der Waals surface area (Å²) in [6.45, 7) is 0.620. The second-order valence-electron chi connectivity index (χ2n) is 2.98. The molecule has 0 aromatic rings. The van der Waals surface area contributed by atoms with Gasteiger partial charge < -0.3 is 4.90 Å². The van der Waals surface area contributed by atoms with Crippen LogP contribution in [0.4, 0.5) is 0 Å². The first-order valence-electron chi connectivity index (χ1n) is 4.09. The van der Waals surface area contributed by atoms with E-state index in [1.165, 1.54) is 6.08 Å². The van der Waals surface area contributed by atoms with E-state index in [0.29, 0.717) is 12.2 Å². The number of hydrogen-bond donors (Lipinski definition) is 1. The summed E-state index contributed by atoms with van der Waals surface area (Å²) in [6.07, 6.45) is 10.1. The molecule has 0 aromatic carbocycles. The lowest BCUT2D eigenvalue weighted by molar-refractivity contribution is 0.482. The Hall–Kier alpha value is -1.33. The molecule has 2 aliphatic rings. The molecule has 1 N–H and O–H groups in total. The standard InChI is InChI=1S/C9H9NO3S/c11-14(12,13)9-5-3-7-10-6-2-1-4-8(9)10/h1-6H,7H2,(H,11,12,13). The van der Waals surface area contributed by atoms with Gasteiger partial charge in [0.1, 0.15) is 4.91 Å². The zero-order valence-corrected chi connectivity index (χ0v) is 8.11. The Morgan fingerprint density at radius 1 is 1.29 bits per heavy atom. The van der Waals surface area contributed by atoms with E-state index in [4.69, 9.17) is 4.55 Å². The fourth-order valence-corrected chi connectivity index (χ4v) is 2.15. The molecular weight excluding hydrogens is 202 g/mol. The van der Waals surface area contributed by atoms with E-state index in [2.05, 4.69) is 0 Å². The van der Waals surface area contributed by atoms with Crippen molar-refractivity contribution in [3.63, 3.8) is 0 Å². The van der Waals surface area contributed by atoms with Gasteiger partial charge in [-0.25, -0.2) is 0 Å². The minimum atomic E-state index is -4.13. The van der Waals surface area contributed by atoms with Gasteiger partial charge in [-0.15, -0.1) is 0 Å². The molecule has 0 saturated carbocycles. The van der Waals surface area contributed by atoms with E-state index < -0.39 is 10.1 Å². The van der Waals surface area contributed by atoms with Crippen LogP contribution in [0, 0.1) is 0 Å². The minimum Gasteiger partial charge on any atom is -0.343 e. The van der Waals surface area contributed by atoms with Gasteiger partial charge in [0.2, 0.25) is 0 Å². The predicted molar refractivity (Wildman–Crippen MR) is 52.7 cm³/mol. The van der Waals surface area contributed by atoms with Crippen LogP contribution in [0.1, 0.15) is 0 Å². The summed E-state index contributed by atoms with van der Waals surface area (Å²) in [5.41, 5.74) is 0.512. The molecule has 0 aliphatic carbocycles. The number of nitrogens with zero attached hydrogens (tertiary/aromatic N) is 1. The molecule has 2 aliphatic heterocycles. The first kappa shape index (κ1) is 9.23. The predicted octanol–water partition coefficient (Wildman–Crippen LogP) is 1.04. The number of allylic oxidation sites excluding steroid dienone is 4. The molecule has 0 atom stereocenters. The summed E-state index contributed by atoms with van der Waals surface area (Å²) in [6, 6.07) is 0. The second-order valence-corrected chi connectivity index (χ2v) is 4.37. The number of hydrogen-bond acceptors (Lipinski definition) is 3. The maximum absolute atomic E-state index is 11.0. The zero-order valence-electron chi connectivity index (χ0n) is 7.29. The Labute approximate surface area is 82.3 Å². The van der Waals surface area contributed by atoms with E-state index in [1.807, 2.05) is 6.08 Å². The van der Waals surface area contributed by atoms with Crippen LogP contribution >= 0.6 is 0 Å². The van der Waals surface area contributed by atoms with Crippen LogP contribution in [0.5, 0.6) is 0 Å². The van der Waals surface area contributed by atoms with E-state index in [9.17, 15) is 8.42 Å². The van der Waals surface area contributed by atoms with E-state index in [-0.39, 0.29) is 4.91 Å². The molecule has 14 heavy (non-hydrogen) atoms. The van der Waals surface area contributed by atoms with Crippen molar-refractivity contribution in [2.75, 3.05) is 6.54 Å². The first-order valence-corrected chi connectivity index (χ1v) is 5.53. The quantitative estimate of drug-likeness (QED) is 0.658. The molecule has 2 heterocycles. The highest BCUT2D eigenvalue weighted by atomic mass is 32.2. The molecule has 0 unspecified atom stereocenters. The molecule has 0 radical (unpaired) electrons. The molecule has 4 nitrogen and oxygen atoms in total. The van der Waals surface area contributed by atoms with Crippen molar-refractivity contribution in [1.82, 2.24) is 4.90 Å². The largest absolute Gasteiger partial charge is 0.343 e. The van der Waals surface area contributed by atoms with Crippen molar-refractivity contribution in [2.45, 2.75) is 0 Å². The smallest absolute Gasteiger partial charge is 0.296 e. The van der Waals surface area contributed by atoms with E-state index >= 15 is 0 Å². The van der Waals surface area contributed by atoms with Crippen LogP contribution in [0.15, 0.2) is 47.2 Å². The molecule has 0 fully saturated rings. The molecule has 0 bridgehead atoms. The van der Waals surface area contributed by atoms with Gasteiger partial charge in [0, 0.05) is 12.7 Å². The van der Waals surface area contributed by atoms with Crippen LogP contribution in [-0.4, -0.2) is 24.4 Å². The topological polar surface area (TPSA) is 57.6 Å². The summed E-state index contributed by atoms with van der Waals surface area (Å²) in [5.74, 6) is 0. The van der Waals surface area contributed by atoms with E-state index in [0.717, 1.165) is 0 Å². The highest BCUT2D eigenvalue weighted by molar-refractivity contribution is 7.90. The van der Waals surface area contributed by atoms with Gasteiger partial charge in [-0.1, -0.05) is 12.2 Å². The maximum Gasteiger partial charge on any atom is 0.296 e. The fourth-order valence-electron chi connectivity index (χ4n) is 1.44. The summed E-state index contributed by atoms with van der Waals surface area (Å²) >= 11 is 0. The fraction of sp³-hybridized carbons (Fsp3) is 0.111. The van der Waals surface area contributed by atoms with Gasteiger partial charge in [0.25, 0.3) is 10.1 Å². The van der Waals surface area contributed by atoms with Crippen LogP contribution < -0.4 is 0 Å². The van der Waals surface area contributed by atoms with Crippen molar-refractivity contribution in [3.8, 4) is 0 Å². The monoisotopic (exact) mass is 211 g/mol. The Morgan fingerprint density at radius 3 is 2.79 bits per heavy atom. The molecule has 0 spiro atoms. The normalized spacial score (nSPS) is 20.2. The molecule has 0 aromatic heterocycles. The van der Waals surface area contributed by atoms with Gasteiger partial charge in [-0.2, -0.15) is 8.42 Å². The summed E-state index contributed by atoms with van der Waals surface area (Å²) in [4.78, 5) is 1.70. The second kappa shape index (κ2) is 3.11. The zero-order chi connectivity index (χ0) is 10.2. The Bertz CT molecular complexity index is 468. The van der Waals surface area contributed by atoms with Crippen LogP contribution in [0.2, 0.25) is 0 Å². The lowest BCUT2D eigenvalue weighted by Crippen LogP contribution is -2.23. The van der Waals surface area contributed by atoms with Crippen LogP contribution in [0.3, 0.4) is 0 Å². The molecule has 0 amide bonds. The Morgan fingerprint density at radius 2 is 2.07 bits per heavy atom. The summed E-state index contributed by atoms with van der Waals surface area (Å²) in [5, 5.41) is 0. The van der Waals surface area contributed by atoms with E-state index in [1.54, 1.807) is 29.3 Å². The number of fused-ring (bicyclic) bond motifs is 1.